The highest BCUT2D eigenvalue weighted by atomic mass is 16.4. The van der Waals surface area contributed by atoms with Crippen LogP contribution in [0.3, 0.4) is 0 Å². The monoisotopic (exact) mass is 265 g/mol. The van der Waals surface area contributed by atoms with E-state index in [-0.39, 0.29) is 6.10 Å². The molecular weight excluding hydrogens is 242 g/mol. The smallest absolute Gasteiger partial charge is 0.409 e. The lowest BCUT2D eigenvalue weighted by Gasteiger charge is -2.13. The highest BCUT2D eigenvalue weighted by Crippen LogP contribution is 2.16. The van der Waals surface area contributed by atoms with E-state index in [1.807, 2.05) is 6.07 Å². The van der Waals surface area contributed by atoms with Crippen LogP contribution in [0.1, 0.15) is 44.9 Å². The summed E-state index contributed by atoms with van der Waals surface area (Å²) in [7, 11) is 0. The molecule has 0 radical (unpaired) electrons. The van der Waals surface area contributed by atoms with E-state index < -0.39 is 6.09 Å². The number of carbonyl (C=O) groups is 1. The topological polar surface area (TPSA) is 69.6 Å². The van der Waals surface area contributed by atoms with E-state index in [1.54, 1.807) is 24.3 Å². The van der Waals surface area contributed by atoms with Crippen LogP contribution in [0.2, 0.25) is 0 Å². The Morgan fingerprint density at radius 2 is 1.53 bits per heavy atom. The zero-order chi connectivity index (χ0) is 13.9. The first-order valence-corrected chi connectivity index (χ1v) is 6.91. The van der Waals surface area contributed by atoms with Gasteiger partial charge in [-0.1, -0.05) is 50.3 Å². The molecule has 0 bridgehead atoms. The Labute approximate surface area is 114 Å². The van der Waals surface area contributed by atoms with E-state index in [4.69, 9.17) is 5.11 Å². The van der Waals surface area contributed by atoms with Crippen LogP contribution >= 0.6 is 0 Å². The van der Waals surface area contributed by atoms with Crippen molar-refractivity contribution in [3.05, 3.63) is 30.3 Å². The van der Waals surface area contributed by atoms with Gasteiger partial charge in [0.15, 0.2) is 0 Å². The molecule has 1 amide bonds. The lowest BCUT2D eigenvalue weighted by atomic mass is 9.99. The summed E-state index contributed by atoms with van der Waals surface area (Å²) in [6.45, 7) is 0. The predicted molar refractivity (Wildman–Crippen MR) is 76.4 cm³/mol. The molecule has 4 nitrogen and oxygen atoms in total. The van der Waals surface area contributed by atoms with Gasteiger partial charge in [-0.15, -0.1) is 0 Å². The molecule has 1 saturated carbocycles. The van der Waals surface area contributed by atoms with E-state index in [2.05, 4.69) is 5.32 Å². The SMILES string of the molecule is O=C(O)Nc1ccccc1.OC1CCCCCCC1. The Morgan fingerprint density at radius 3 is 2.05 bits per heavy atom. The van der Waals surface area contributed by atoms with Crippen molar-refractivity contribution in [2.45, 2.75) is 51.0 Å². The Hall–Kier alpha value is -1.55. The second-order valence-electron chi connectivity index (χ2n) is 4.80. The van der Waals surface area contributed by atoms with Crippen LogP contribution < -0.4 is 5.32 Å². The number of aliphatic hydroxyl groups is 1. The number of hydrogen-bond acceptors (Lipinski definition) is 2. The molecule has 106 valence electrons. The minimum atomic E-state index is -1.04. The first-order valence-electron chi connectivity index (χ1n) is 6.91. The Balaban J connectivity index is 0.000000191. The fourth-order valence-electron chi connectivity index (χ4n) is 2.08. The summed E-state index contributed by atoms with van der Waals surface area (Å²) in [5.74, 6) is 0. The fourth-order valence-corrected chi connectivity index (χ4v) is 2.08. The molecule has 19 heavy (non-hydrogen) atoms. The molecule has 4 heteroatoms. The van der Waals surface area contributed by atoms with Crippen molar-refractivity contribution in [2.75, 3.05) is 5.32 Å². The normalized spacial score (nSPS) is 16.5. The maximum atomic E-state index is 10.1. The maximum Gasteiger partial charge on any atom is 0.409 e. The van der Waals surface area contributed by atoms with Gasteiger partial charge in [-0.25, -0.2) is 4.79 Å². The molecule has 1 aliphatic rings. The molecule has 0 spiro atoms. The third-order valence-electron chi connectivity index (χ3n) is 3.10. The van der Waals surface area contributed by atoms with Crippen molar-refractivity contribution in [1.82, 2.24) is 0 Å². The van der Waals surface area contributed by atoms with Gasteiger partial charge < -0.3 is 10.2 Å². The molecule has 1 fully saturated rings. The first-order chi connectivity index (χ1) is 9.18. The minimum absolute atomic E-state index is 0.0188. The molecule has 0 atom stereocenters. The zero-order valence-corrected chi connectivity index (χ0v) is 11.2. The van der Waals surface area contributed by atoms with Gasteiger partial charge in [-0.2, -0.15) is 0 Å². The van der Waals surface area contributed by atoms with Crippen molar-refractivity contribution in [1.29, 1.82) is 0 Å². The number of nitrogens with one attached hydrogen (secondary N) is 1. The van der Waals surface area contributed by atoms with Crippen molar-refractivity contribution in [3.8, 4) is 0 Å². The fraction of sp³-hybridized carbons (Fsp3) is 0.533. The lowest BCUT2D eigenvalue weighted by molar-refractivity contribution is 0.141. The number of anilines is 1. The second kappa shape index (κ2) is 9.39. The highest BCUT2D eigenvalue weighted by Gasteiger charge is 2.05. The van der Waals surface area contributed by atoms with Gasteiger partial charge in [0.1, 0.15) is 0 Å². The van der Waals surface area contributed by atoms with Gasteiger partial charge in [0.2, 0.25) is 0 Å². The average molecular weight is 265 g/mol. The standard InChI is InChI=1S/C8H16O.C7H7NO2/c9-8-6-4-2-1-3-5-7-8;9-7(10)8-6-4-2-1-3-5-6/h8-9H,1-7H2;1-5,8H,(H,9,10). The number of carboxylic acid groups (broad SMARTS) is 1. The average Bonchev–Trinajstić information content (AvgIpc) is 2.35. The Bertz CT molecular complexity index is 346. The first kappa shape index (κ1) is 15.5. The highest BCUT2D eigenvalue weighted by molar-refractivity contribution is 5.82. The molecule has 0 aromatic heterocycles. The second-order valence-corrected chi connectivity index (χ2v) is 4.80. The number of rotatable bonds is 1. The molecule has 1 aromatic carbocycles. The molecular formula is C15H23NO3. The predicted octanol–water partition coefficient (Wildman–Crippen LogP) is 3.87. The third kappa shape index (κ3) is 8.21. The van der Waals surface area contributed by atoms with Crippen LogP contribution in [-0.4, -0.2) is 22.4 Å². The third-order valence-corrected chi connectivity index (χ3v) is 3.10. The number of para-hydroxylation sites is 1. The van der Waals surface area contributed by atoms with E-state index in [9.17, 15) is 9.90 Å². The van der Waals surface area contributed by atoms with Crippen LogP contribution in [0.5, 0.6) is 0 Å². The summed E-state index contributed by atoms with van der Waals surface area (Å²) in [5.41, 5.74) is 0.593. The number of aliphatic hydroxyl groups excluding tert-OH is 1. The van der Waals surface area contributed by atoms with Crippen LogP contribution in [0.15, 0.2) is 30.3 Å². The molecule has 0 heterocycles. The number of benzene rings is 1. The molecule has 3 N–H and O–H groups in total. The van der Waals surface area contributed by atoms with Crippen molar-refractivity contribution in [2.24, 2.45) is 0 Å². The summed E-state index contributed by atoms with van der Waals surface area (Å²) < 4.78 is 0. The largest absolute Gasteiger partial charge is 0.465 e. The van der Waals surface area contributed by atoms with E-state index in [0.717, 1.165) is 12.8 Å². The maximum absolute atomic E-state index is 10.1. The minimum Gasteiger partial charge on any atom is -0.465 e. The van der Waals surface area contributed by atoms with Gasteiger partial charge in [-0.3, -0.25) is 5.32 Å². The quantitative estimate of drug-likeness (QED) is 0.722. The van der Waals surface area contributed by atoms with E-state index >= 15 is 0 Å². The molecule has 0 saturated heterocycles. The summed E-state index contributed by atoms with van der Waals surface area (Å²) in [6, 6.07) is 8.74. The number of amides is 1. The summed E-state index contributed by atoms with van der Waals surface area (Å²) >= 11 is 0. The van der Waals surface area contributed by atoms with Gasteiger partial charge in [-0.05, 0) is 25.0 Å². The van der Waals surface area contributed by atoms with E-state index in [1.165, 1.54) is 32.1 Å². The van der Waals surface area contributed by atoms with Crippen molar-refractivity contribution in [3.63, 3.8) is 0 Å². The van der Waals surface area contributed by atoms with Gasteiger partial charge in [0, 0.05) is 5.69 Å². The summed E-state index contributed by atoms with van der Waals surface area (Å²) in [6.07, 6.45) is 7.58. The van der Waals surface area contributed by atoms with Crippen LogP contribution in [0.4, 0.5) is 10.5 Å². The van der Waals surface area contributed by atoms with Crippen LogP contribution in [0.25, 0.3) is 0 Å². The molecule has 0 unspecified atom stereocenters. The lowest BCUT2D eigenvalue weighted by Crippen LogP contribution is -2.07. The molecule has 1 aromatic rings. The van der Waals surface area contributed by atoms with Gasteiger partial charge in [0.25, 0.3) is 0 Å². The van der Waals surface area contributed by atoms with Crippen molar-refractivity contribution < 1.29 is 15.0 Å². The Kier molecular flexibility index (Phi) is 7.66. The van der Waals surface area contributed by atoms with Crippen molar-refractivity contribution >= 4 is 11.8 Å². The van der Waals surface area contributed by atoms with Crippen LogP contribution in [-0.2, 0) is 0 Å². The Morgan fingerprint density at radius 1 is 1.00 bits per heavy atom. The summed E-state index contributed by atoms with van der Waals surface area (Å²) in [4.78, 5) is 10.1. The van der Waals surface area contributed by atoms with Gasteiger partial charge in [0.05, 0.1) is 6.10 Å². The molecule has 1 aliphatic carbocycles. The molecule has 2 rings (SSSR count). The number of hydrogen-bond donors (Lipinski definition) is 3. The molecule has 0 aliphatic heterocycles. The van der Waals surface area contributed by atoms with Gasteiger partial charge >= 0.3 is 6.09 Å². The zero-order valence-electron chi connectivity index (χ0n) is 11.2. The van der Waals surface area contributed by atoms with Crippen LogP contribution in [0, 0.1) is 0 Å². The summed E-state index contributed by atoms with van der Waals surface area (Å²) in [5, 5.41) is 19.7. The van der Waals surface area contributed by atoms with E-state index in [0.29, 0.717) is 5.69 Å².